The zero-order chi connectivity index (χ0) is 12.9. The van der Waals surface area contributed by atoms with Crippen molar-refractivity contribution in [3.63, 3.8) is 0 Å². The molecular weight excluding hydrogens is 306 g/mol. The Morgan fingerprint density at radius 1 is 1.41 bits per heavy atom. The van der Waals surface area contributed by atoms with Gasteiger partial charge in [-0.15, -0.1) is 0 Å². The SMILES string of the molecule is COCCCS(=O)(=O)Nc1cc(C)ccc1Br. The van der Waals surface area contributed by atoms with E-state index in [9.17, 15) is 8.42 Å². The van der Waals surface area contributed by atoms with E-state index in [2.05, 4.69) is 20.7 Å². The first-order valence-electron chi connectivity index (χ1n) is 5.20. The fourth-order valence-corrected chi connectivity index (χ4v) is 2.91. The van der Waals surface area contributed by atoms with Crippen LogP contribution in [0, 0.1) is 6.92 Å². The van der Waals surface area contributed by atoms with E-state index in [0.29, 0.717) is 18.7 Å². The summed E-state index contributed by atoms with van der Waals surface area (Å²) in [4.78, 5) is 0. The van der Waals surface area contributed by atoms with Crippen LogP contribution < -0.4 is 4.72 Å². The first kappa shape index (κ1) is 14.5. The van der Waals surface area contributed by atoms with Gasteiger partial charge in [-0.05, 0) is 47.0 Å². The normalized spacial score (nSPS) is 11.5. The van der Waals surface area contributed by atoms with E-state index in [1.807, 2.05) is 19.1 Å². The number of nitrogens with one attached hydrogen (secondary N) is 1. The maximum atomic E-state index is 11.8. The van der Waals surface area contributed by atoms with Gasteiger partial charge in [-0.2, -0.15) is 0 Å². The second kappa shape index (κ2) is 6.37. The van der Waals surface area contributed by atoms with Gasteiger partial charge in [0.25, 0.3) is 0 Å². The fraction of sp³-hybridized carbons (Fsp3) is 0.455. The number of rotatable bonds is 6. The van der Waals surface area contributed by atoms with Crippen molar-refractivity contribution in [2.75, 3.05) is 24.2 Å². The second-order valence-electron chi connectivity index (χ2n) is 3.75. The average Bonchev–Trinajstić information content (AvgIpc) is 2.23. The molecule has 0 heterocycles. The third-order valence-corrected chi connectivity index (χ3v) is 4.20. The van der Waals surface area contributed by atoms with Crippen LogP contribution in [0.5, 0.6) is 0 Å². The van der Waals surface area contributed by atoms with Crippen LogP contribution in [0.15, 0.2) is 22.7 Å². The summed E-state index contributed by atoms with van der Waals surface area (Å²) in [6.07, 6.45) is 0.481. The predicted octanol–water partition coefficient (Wildman–Crippen LogP) is 2.54. The van der Waals surface area contributed by atoms with E-state index < -0.39 is 10.0 Å². The molecular formula is C11H16BrNO3S. The molecule has 0 radical (unpaired) electrons. The van der Waals surface area contributed by atoms with Crippen LogP contribution in [0.25, 0.3) is 0 Å². The smallest absolute Gasteiger partial charge is 0.232 e. The van der Waals surface area contributed by atoms with Gasteiger partial charge in [-0.25, -0.2) is 8.42 Å². The topological polar surface area (TPSA) is 55.4 Å². The summed E-state index contributed by atoms with van der Waals surface area (Å²) in [5.74, 6) is 0.0568. The van der Waals surface area contributed by atoms with E-state index in [-0.39, 0.29) is 5.75 Å². The molecule has 1 aromatic rings. The van der Waals surface area contributed by atoms with Gasteiger partial charge in [0.1, 0.15) is 0 Å². The summed E-state index contributed by atoms with van der Waals surface area (Å²) in [5.41, 5.74) is 1.57. The third kappa shape index (κ3) is 5.06. The van der Waals surface area contributed by atoms with Gasteiger partial charge >= 0.3 is 0 Å². The van der Waals surface area contributed by atoms with E-state index in [1.165, 1.54) is 0 Å². The number of halogens is 1. The Balaban J connectivity index is 2.72. The standard InChI is InChI=1S/C11H16BrNO3S/c1-9-4-5-10(12)11(8-9)13-17(14,15)7-3-6-16-2/h4-5,8,13H,3,6-7H2,1-2H3. The average molecular weight is 322 g/mol. The molecule has 0 saturated heterocycles. The molecule has 96 valence electrons. The molecule has 17 heavy (non-hydrogen) atoms. The Morgan fingerprint density at radius 2 is 2.12 bits per heavy atom. The van der Waals surface area contributed by atoms with Crippen LogP contribution in [-0.2, 0) is 14.8 Å². The van der Waals surface area contributed by atoms with Crippen molar-refractivity contribution in [2.45, 2.75) is 13.3 Å². The lowest BCUT2D eigenvalue weighted by atomic mass is 10.2. The number of ether oxygens (including phenoxy) is 1. The molecule has 0 spiro atoms. The summed E-state index contributed by atoms with van der Waals surface area (Å²) >= 11 is 3.31. The first-order valence-corrected chi connectivity index (χ1v) is 7.65. The summed E-state index contributed by atoms with van der Waals surface area (Å²) in [7, 11) is -1.75. The van der Waals surface area contributed by atoms with Crippen LogP contribution in [0.4, 0.5) is 5.69 Å². The van der Waals surface area contributed by atoms with Crippen LogP contribution in [0.3, 0.4) is 0 Å². The lowest BCUT2D eigenvalue weighted by molar-refractivity contribution is 0.199. The van der Waals surface area contributed by atoms with Crippen molar-refractivity contribution in [1.29, 1.82) is 0 Å². The van der Waals surface area contributed by atoms with Gasteiger partial charge < -0.3 is 4.74 Å². The lowest BCUT2D eigenvalue weighted by Crippen LogP contribution is -2.18. The quantitative estimate of drug-likeness (QED) is 0.819. The number of hydrogen-bond donors (Lipinski definition) is 1. The highest BCUT2D eigenvalue weighted by molar-refractivity contribution is 9.10. The summed E-state index contributed by atoms with van der Waals surface area (Å²) in [6, 6.07) is 5.52. The maximum absolute atomic E-state index is 11.8. The van der Waals surface area contributed by atoms with Crippen molar-refractivity contribution in [2.24, 2.45) is 0 Å². The van der Waals surface area contributed by atoms with E-state index in [4.69, 9.17) is 4.74 Å². The molecule has 0 atom stereocenters. The molecule has 1 aromatic carbocycles. The van der Waals surface area contributed by atoms with Gasteiger partial charge in [0.05, 0.1) is 11.4 Å². The minimum Gasteiger partial charge on any atom is -0.385 e. The Labute approximate surface area is 111 Å². The van der Waals surface area contributed by atoms with Gasteiger partial charge in [0.15, 0.2) is 0 Å². The predicted molar refractivity (Wildman–Crippen MR) is 72.8 cm³/mol. The van der Waals surface area contributed by atoms with Crippen LogP contribution >= 0.6 is 15.9 Å². The summed E-state index contributed by atoms with van der Waals surface area (Å²) in [5, 5.41) is 0. The molecule has 0 saturated carbocycles. The van der Waals surface area contributed by atoms with E-state index in [0.717, 1.165) is 10.0 Å². The van der Waals surface area contributed by atoms with Crippen molar-refractivity contribution in [1.82, 2.24) is 0 Å². The first-order chi connectivity index (χ1) is 7.94. The monoisotopic (exact) mass is 321 g/mol. The molecule has 0 aliphatic rings. The zero-order valence-electron chi connectivity index (χ0n) is 9.86. The summed E-state index contributed by atoms with van der Waals surface area (Å²) in [6.45, 7) is 2.35. The molecule has 4 nitrogen and oxygen atoms in total. The minimum absolute atomic E-state index is 0.0568. The molecule has 1 rings (SSSR count). The van der Waals surface area contributed by atoms with Crippen molar-refractivity contribution >= 4 is 31.6 Å². The largest absolute Gasteiger partial charge is 0.385 e. The Kier molecular flexibility index (Phi) is 5.42. The third-order valence-electron chi connectivity index (χ3n) is 2.15. The highest BCUT2D eigenvalue weighted by Gasteiger charge is 2.11. The van der Waals surface area contributed by atoms with E-state index in [1.54, 1.807) is 13.2 Å². The Bertz CT molecular complexity index is 474. The van der Waals surface area contributed by atoms with Gasteiger partial charge in [-0.1, -0.05) is 6.07 Å². The maximum Gasteiger partial charge on any atom is 0.232 e. The highest BCUT2D eigenvalue weighted by atomic mass is 79.9. The van der Waals surface area contributed by atoms with Crippen LogP contribution in [0.2, 0.25) is 0 Å². The number of benzene rings is 1. The molecule has 0 amide bonds. The van der Waals surface area contributed by atoms with Crippen molar-refractivity contribution in [3.8, 4) is 0 Å². The van der Waals surface area contributed by atoms with Gasteiger partial charge in [0, 0.05) is 18.2 Å². The van der Waals surface area contributed by atoms with Crippen molar-refractivity contribution in [3.05, 3.63) is 28.2 Å². The fourth-order valence-electron chi connectivity index (χ4n) is 1.33. The second-order valence-corrected chi connectivity index (χ2v) is 6.45. The van der Waals surface area contributed by atoms with Crippen molar-refractivity contribution < 1.29 is 13.2 Å². The van der Waals surface area contributed by atoms with Gasteiger partial charge in [-0.3, -0.25) is 4.72 Å². The highest BCUT2D eigenvalue weighted by Crippen LogP contribution is 2.24. The molecule has 0 aromatic heterocycles. The zero-order valence-corrected chi connectivity index (χ0v) is 12.3. The molecule has 0 unspecified atom stereocenters. The van der Waals surface area contributed by atoms with Crippen LogP contribution in [-0.4, -0.2) is 27.9 Å². The Hall–Kier alpha value is -0.590. The molecule has 0 aliphatic carbocycles. The minimum atomic E-state index is -3.31. The number of aryl methyl sites for hydroxylation is 1. The molecule has 6 heteroatoms. The molecule has 1 N–H and O–H groups in total. The summed E-state index contributed by atoms with van der Waals surface area (Å²) < 4.78 is 31.6. The van der Waals surface area contributed by atoms with Gasteiger partial charge in [0.2, 0.25) is 10.0 Å². The molecule has 0 bridgehead atoms. The van der Waals surface area contributed by atoms with Crippen LogP contribution in [0.1, 0.15) is 12.0 Å². The molecule has 0 aliphatic heterocycles. The molecule has 0 fully saturated rings. The Morgan fingerprint density at radius 3 is 2.76 bits per heavy atom. The number of sulfonamides is 1. The van der Waals surface area contributed by atoms with E-state index >= 15 is 0 Å². The number of anilines is 1. The lowest BCUT2D eigenvalue weighted by Gasteiger charge is -2.10. The number of hydrogen-bond acceptors (Lipinski definition) is 3. The number of methoxy groups -OCH3 is 1.